The molecule has 4 aromatic carbocycles. The van der Waals surface area contributed by atoms with E-state index in [1.165, 1.54) is 0 Å². The Labute approximate surface area is 241 Å². The lowest BCUT2D eigenvalue weighted by Gasteiger charge is -2.30. The van der Waals surface area contributed by atoms with Crippen LogP contribution in [0.3, 0.4) is 0 Å². The van der Waals surface area contributed by atoms with E-state index in [1.54, 1.807) is 6.08 Å². The number of hydrogen-bond acceptors (Lipinski definition) is 5. The van der Waals surface area contributed by atoms with Crippen LogP contribution >= 0.6 is 0 Å². The van der Waals surface area contributed by atoms with Crippen molar-refractivity contribution in [3.63, 3.8) is 0 Å². The van der Waals surface area contributed by atoms with Gasteiger partial charge in [-0.2, -0.15) is 0 Å². The molecule has 0 saturated carbocycles. The van der Waals surface area contributed by atoms with Gasteiger partial charge in [-0.15, -0.1) is 6.58 Å². The van der Waals surface area contributed by atoms with Gasteiger partial charge >= 0.3 is 0 Å². The van der Waals surface area contributed by atoms with Gasteiger partial charge in [-0.3, -0.25) is 4.79 Å². The summed E-state index contributed by atoms with van der Waals surface area (Å²) in [5.74, 6) is 0.852. The second-order valence-electron chi connectivity index (χ2n) is 9.94. The molecule has 0 bridgehead atoms. The van der Waals surface area contributed by atoms with Crippen molar-refractivity contribution >= 4 is 11.8 Å². The minimum Gasteiger partial charge on any atom is -0.494 e. The van der Waals surface area contributed by atoms with Crippen LogP contribution in [0.4, 0.5) is 0 Å². The number of carbonyl (C=O) groups is 1. The Balaban J connectivity index is 1.47. The van der Waals surface area contributed by atoms with E-state index in [9.17, 15) is 4.79 Å². The number of rotatable bonds is 12. The Kier molecular flexibility index (Phi) is 8.92. The minimum absolute atomic E-state index is 0.0775. The predicted octanol–water partition coefficient (Wildman–Crippen LogP) is 6.26. The SMILES string of the molecule is C=CC[C@@]1(C(=O)NCc2ccccc2)N=C(c2ccc(OCCCO)cc2)O[C@@H]1c1ccc(-c2ccccc2)cc1. The molecule has 0 spiro atoms. The monoisotopic (exact) mass is 546 g/mol. The maximum atomic E-state index is 14.0. The Hall–Kier alpha value is -4.68. The number of nitrogens with zero attached hydrogens (tertiary/aromatic N) is 1. The summed E-state index contributed by atoms with van der Waals surface area (Å²) in [5.41, 5.74) is 3.54. The molecule has 0 unspecified atom stereocenters. The third kappa shape index (κ3) is 6.39. The number of benzene rings is 4. The molecule has 0 saturated heterocycles. The molecule has 41 heavy (non-hydrogen) atoms. The summed E-state index contributed by atoms with van der Waals surface area (Å²) >= 11 is 0. The van der Waals surface area contributed by atoms with Crippen LogP contribution in [0, 0.1) is 0 Å². The number of amides is 1. The number of carbonyl (C=O) groups excluding carboxylic acids is 1. The number of ether oxygens (including phenoxy) is 2. The Morgan fingerprint density at radius 2 is 1.54 bits per heavy atom. The Morgan fingerprint density at radius 3 is 2.20 bits per heavy atom. The Morgan fingerprint density at radius 1 is 0.902 bits per heavy atom. The van der Waals surface area contributed by atoms with Crippen molar-refractivity contribution in [1.82, 2.24) is 5.32 Å². The van der Waals surface area contributed by atoms with Crippen molar-refractivity contribution < 1.29 is 19.4 Å². The normalized spacial score (nSPS) is 17.8. The molecule has 2 atom stereocenters. The van der Waals surface area contributed by atoms with Crippen LogP contribution in [0.1, 0.15) is 35.6 Å². The summed E-state index contributed by atoms with van der Waals surface area (Å²) in [5, 5.41) is 12.1. The molecular formula is C35H34N2O4. The first-order chi connectivity index (χ1) is 20.1. The molecule has 0 radical (unpaired) electrons. The molecule has 0 fully saturated rings. The first-order valence-corrected chi connectivity index (χ1v) is 13.8. The van der Waals surface area contributed by atoms with Gasteiger partial charge in [0.25, 0.3) is 5.91 Å². The number of hydrogen-bond donors (Lipinski definition) is 2. The van der Waals surface area contributed by atoms with E-state index in [-0.39, 0.29) is 12.5 Å². The van der Waals surface area contributed by atoms with Crippen LogP contribution in [-0.4, -0.2) is 35.7 Å². The minimum atomic E-state index is -1.24. The molecule has 1 aliphatic heterocycles. The van der Waals surface area contributed by atoms with Gasteiger partial charge in [0.1, 0.15) is 5.75 Å². The highest BCUT2D eigenvalue weighted by Gasteiger charge is 2.52. The van der Waals surface area contributed by atoms with Crippen molar-refractivity contribution in [3.05, 3.63) is 139 Å². The van der Waals surface area contributed by atoms with Gasteiger partial charge in [0, 0.05) is 31.6 Å². The van der Waals surface area contributed by atoms with Crippen LogP contribution < -0.4 is 10.1 Å². The van der Waals surface area contributed by atoms with Crippen LogP contribution in [0.15, 0.2) is 127 Å². The van der Waals surface area contributed by atoms with E-state index < -0.39 is 11.6 Å². The molecule has 2 N–H and O–H groups in total. The van der Waals surface area contributed by atoms with Gasteiger partial charge in [0.05, 0.1) is 6.61 Å². The lowest BCUT2D eigenvalue weighted by atomic mass is 9.84. The molecule has 6 heteroatoms. The molecule has 208 valence electrons. The fraction of sp³-hybridized carbons (Fsp3) is 0.200. The molecule has 0 aliphatic carbocycles. The Bertz CT molecular complexity index is 1470. The quantitative estimate of drug-likeness (QED) is 0.162. The molecule has 1 amide bonds. The van der Waals surface area contributed by atoms with Gasteiger partial charge in [0.2, 0.25) is 5.90 Å². The highest BCUT2D eigenvalue weighted by molar-refractivity contribution is 6.01. The molecule has 4 aromatic rings. The number of aliphatic hydroxyl groups excluding tert-OH is 1. The van der Waals surface area contributed by atoms with Crippen molar-refractivity contribution in [1.29, 1.82) is 0 Å². The zero-order valence-electron chi connectivity index (χ0n) is 22.9. The van der Waals surface area contributed by atoms with Crippen LogP contribution in [0.5, 0.6) is 5.75 Å². The van der Waals surface area contributed by atoms with E-state index >= 15 is 0 Å². The topological polar surface area (TPSA) is 80.2 Å². The maximum absolute atomic E-state index is 14.0. The smallest absolute Gasteiger partial charge is 0.252 e. The van der Waals surface area contributed by atoms with Crippen LogP contribution in [0.2, 0.25) is 0 Å². The second-order valence-corrected chi connectivity index (χ2v) is 9.94. The molecule has 1 heterocycles. The lowest BCUT2D eigenvalue weighted by molar-refractivity contribution is -0.129. The average molecular weight is 547 g/mol. The summed E-state index contributed by atoms with van der Waals surface area (Å²) in [6.07, 6.45) is 1.92. The highest BCUT2D eigenvalue weighted by atomic mass is 16.5. The molecular weight excluding hydrogens is 512 g/mol. The fourth-order valence-electron chi connectivity index (χ4n) is 4.95. The zero-order valence-corrected chi connectivity index (χ0v) is 22.9. The van der Waals surface area contributed by atoms with E-state index in [0.717, 1.165) is 27.8 Å². The lowest BCUT2D eigenvalue weighted by Crippen LogP contribution is -2.47. The predicted molar refractivity (Wildman–Crippen MR) is 162 cm³/mol. The summed E-state index contributed by atoms with van der Waals surface area (Å²) < 4.78 is 12.2. The summed E-state index contributed by atoms with van der Waals surface area (Å²) in [4.78, 5) is 19.0. The zero-order chi connectivity index (χ0) is 28.5. The van der Waals surface area contributed by atoms with Crippen LogP contribution in [-0.2, 0) is 16.1 Å². The van der Waals surface area contributed by atoms with Crippen molar-refractivity contribution in [2.75, 3.05) is 13.2 Å². The van der Waals surface area contributed by atoms with E-state index in [2.05, 4.69) is 24.0 Å². The summed E-state index contributed by atoms with van der Waals surface area (Å²) in [6.45, 7) is 4.84. The number of aliphatic hydroxyl groups is 1. The van der Waals surface area contributed by atoms with E-state index in [0.29, 0.717) is 37.6 Å². The van der Waals surface area contributed by atoms with Gasteiger partial charge in [0.15, 0.2) is 11.6 Å². The first kappa shape index (κ1) is 27.9. The first-order valence-electron chi connectivity index (χ1n) is 13.8. The molecule has 5 rings (SSSR count). The van der Waals surface area contributed by atoms with Gasteiger partial charge < -0.3 is 19.9 Å². The molecule has 1 aliphatic rings. The van der Waals surface area contributed by atoms with Gasteiger partial charge in [-0.05, 0) is 46.5 Å². The van der Waals surface area contributed by atoms with Crippen molar-refractivity contribution in [2.24, 2.45) is 4.99 Å². The van der Waals surface area contributed by atoms with Gasteiger partial charge in [-0.25, -0.2) is 4.99 Å². The average Bonchev–Trinajstić information content (AvgIpc) is 3.42. The maximum Gasteiger partial charge on any atom is 0.252 e. The van der Waals surface area contributed by atoms with E-state index in [1.807, 2.05) is 97.1 Å². The van der Waals surface area contributed by atoms with Crippen LogP contribution in [0.25, 0.3) is 11.1 Å². The van der Waals surface area contributed by atoms with E-state index in [4.69, 9.17) is 19.6 Å². The standard InChI is InChI=1S/C35H34N2O4/c1-2-22-35(34(39)36-25-26-10-5-3-6-11-26)32(29-16-14-28(15-17-29)27-12-7-4-8-13-27)41-33(37-35)30-18-20-31(21-19-30)40-24-9-23-38/h2-8,10-21,32,38H,1,9,22-25H2,(H,36,39)/t32-,35-/m1/s1. The van der Waals surface area contributed by atoms with Crippen molar-refractivity contribution in [3.8, 4) is 16.9 Å². The largest absolute Gasteiger partial charge is 0.494 e. The fourth-order valence-corrected chi connectivity index (χ4v) is 4.95. The summed E-state index contributed by atoms with van der Waals surface area (Å²) in [6, 6.07) is 35.5. The third-order valence-electron chi connectivity index (χ3n) is 7.10. The number of nitrogens with one attached hydrogen (secondary N) is 1. The number of aliphatic imine (C=N–C) groups is 1. The third-order valence-corrected chi connectivity index (χ3v) is 7.10. The molecule has 6 nitrogen and oxygen atoms in total. The second kappa shape index (κ2) is 13.1. The summed E-state index contributed by atoms with van der Waals surface area (Å²) in [7, 11) is 0. The van der Waals surface area contributed by atoms with Crippen molar-refractivity contribution in [2.45, 2.75) is 31.0 Å². The molecule has 0 aromatic heterocycles. The highest BCUT2D eigenvalue weighted by Crippen LogP contribution is 2.43. The van der Waals surface area contributed by atoms with Gasteiger partial charge in [-0.1, -0.05) is 91.0 Å².